The number of piperazine rings is 1. The second-order valence-corrected chi connectivity index (χ2v) is 9.03. The van der Waals surface area contributed by atoms with Crippen molar-refractivity contribution in [3.8, 4) is 5.75 Å². The summed E-state index contributed by atoms with van der Waals surface area (Å²) in [6.07, 6.45) is 9.70. The van der Waals surface area contributed by atoms with E-state index < -0.39 is 0 Å². The van der Waals surface area contributed by atoms with Gasteiger partial charge in [-0.25, -0.2) is 0 Å². The molecule has 3 nitrogen and oxygen atoms in total. The van der Waals surface area contributed by atoms with Crippen LogP contribution in [0.5, 0.6) is 5.75 Å². The molecule has 2 aliphatic rings. The second-order valence-electron chi connectivity index (χ2n) is 9.03. The van der Waals surface area contributed by atoms with Gasteiger partial charge in [0.25, 0.3) is 0 Å². The molecule has 1 aromatic rings. The SMILES string of the molecule is CC(C)CN1CCN(CCOc2ccccc2CCC2CCCCC2)CC1. The molecule has 1 saturated carbocycles. The molecule has 27 heavy (non-hydrogen) atoms. The zero-order valence-electron chi connectivity index (χ0n) is 17.7. The van der Waals surface area contributed by atoms with Crippen molar-refractivity contribution in [1.29, 1.82) is 0 Å². The molecule has 1 aliphatic heterocycles. The van der Waals surface area contributed by atoms with Gasteiger partial charge in [-0.05, 0) is 36.3 Å². The number of benzene rings is 1. The third-order valence-corrected chi connectivity index (χ3v) is 6.27. The van der Waals surface area contributed by atoms with E-state index in [-0.39, 0.29) is 0 Å². The Morgan fingerprint density at radius 1 is 0.963 bits per heavy atom. The van der Waals surface area contributed by atoms with Crippen LogP contribution in [0.4, 0.5) is 0 Å². The summed E-state index contributed by atoms with van der Waals surface area (Å²) in [6, 6.07) is 8.71. The van der Waals surface area contributed by atoms with Crippen LogP contribution in [0, 0.1) is 11.8 Å². The smallest absolute Gasteiger partial charge is 0.122 e. The molecule has 1 saturated heterocycles. The lowest BCUT2D eigenvalue weighted by molar-refractivity contribution is 0.109. The van der Waals surface area contributed by atoms with Crippen LogP contribution < -0.4 is 4.74 Å². The molecule has 0 unspecified atom stereocenters. The minimum Gasteiger partial charge on any atom is -0.492 e. The van der Waals surface area contributed by atoms with Crippen molar-refractivity contribution in [1.82, 2.24) is 9.80 Å². The maximum Gasteiger partial charge on any atom is 0.122 e. The van der Waals surface area contributed by atoms with Crippen molar-refractivity contribution in [2.24, 2.45) is 11.8 Å². The number of para-hydroxylation sites is 1. The molecule has 3 heteroatoms. The van der Waals surface area contributed by atoms with Crippen molar-refractivity contribution in [3.63, 3.8) is 0 Å². The number of ether oxygens (including phenoxy) is 1. The van der Waals surface area contributed by atoms with Crippen molar-refractivity contribution >= 4 is 0 Å². The maximum absolute atomic E-state index is 6.22. The predicted octanol–water partition coefficient (Wildman–Crippen LogP) is 4.85. The van der Waals surface area contributed by atoms with Gasteiger partial charge in [0.05, 0.1) is 0 Å². The van der Waals surface area contributed by atoms with E-state index in [0.29, 0.717) is 0 Å². The fourth-order valence-electron chi connectivity index (χ4n) is 4.68. The van der Waals surface area contributed by atoms with Gasteiger partial charge in [0.2, 0.25) is 0 Å². The molecule has 152 valence electrons. The van der Waals surface area contributed by atoms with Crippen LogP contribution in [0.25, 0.3) is 0 Å². The summed E-state index contributed by atoms with van der Waals surface area (Å²) in [5.41, 5.74) is 1.41. The quantitative estimate of drug-likeness (QED) is 0.616. The number of hydrogen-bond acceptors (Lipinski definition) is 3. The van der Waals surface area contributed by atoms with Crippen molar-refractivity contribution in [2.45, 2.75) is 58.8 Å². The Hall–Kier alpha value is -1.06. The highest BCUT2D eigenvalue weighted by Gasteiger charge is 2.18. The summed E-state index contributed by atoms with van der Waals surface area (Å²) in [5.74, 6) is 2.82. The molecule has 2 fully saturated rings. The van der Waals surface area contributed by atoms with Crippen LogP contribution in [0.15, 0.2) is 24.3 Å². The Morgan fingerprint density at radius 3 is 2.41 bits per heavy atom. The zero-order valence-corrected chi connectivity index (χ0v) is 17.7. The van der Waals surface area contributed by atoms with Gasteiger partial charge in [-0.1, -0.05) is 64.2 Å². The van der Waals surface area contributed by atoms with Gasteiger partial charge < -0.3 is 9.64 Å². The maximum atomic E-state index is 6.22. The summed E-state index contributed by atoms with van der Waals surface area (Å²) in [4.78, 5) is 5.16. The molecular weight excluding hydrogens is 332 g/mol. The summed E-state index contributed by atoms with van der Waals surface area (Å²) >= 11 is 0. The molecule has 0 atom stereocenters. The Balaban J connectivity index is 1.38. The first-order valence-corrected chi connectivity index (χ1v) is 11.4. The molecule has 0 radical (unpaired) electrons. The van der Waals surface area contributed by atoms with E-state index in [9.17, 15) is 0 Å². The van der Waals surface area contributed by atoms with Crippen LogP contribution in [0.3, 0.4) is 0 Å². The van der Waals surface area contributed by atoms with Gasteiger partial charge in [0, 0.05) is 39.3 Å². The number of aryl methyl sites for hydroxylation is 1. The van der Waals surface area contributed by atoms with Gasteiger partial charge in [-0.3, -0.25) is 4.90 Å². The van der Waals surface area contributed by atoms with Crippen molar-refractivity contribution < 1.29 is 4.74 Å². The van der Waals surface area contributed by atoms with E-state index in [1.807, 2.05) is 0 Å². The van der Waals surface area contributed by atoms with Crippen LogP contribution in [-0.4, -0.2) is 55.7 Å². The standard InChI is InChI=1S/C24H40N2O/c1-21(2)20-26-16-14-25(15-17-26)18-19-27-24-11-7-6-10-23(24)13-12-22-8-4-3-5-9-22/h6-7,10-11,21-22H,3-5,8-9,12-20H2,1-2H3. The first kappa shape index (κ1) is 20.7. The van der Waals surface area contributed by atoms with E-state index >= 15 is 0 Å². The molecule has 0 bridgehead atoms. The molecule has 0 amide bonds. The highest BCUT2D eigenvalue weighted by Crippen LogP contribution is 2.29. The first-order chi connectivity index (χ1) is 13.2. The minimum atomic E-state index is 0.769. The Bertz CT molecular complexity index is 531. The lowest BCUT2D eigenvalue weighted by atomic mass is 9.85. The van der Waals surface area contributed by atoms with Gasteiger partial charge in [-0.15, -0.1) is 0 Å². The monoisotopic (exact) mass is 372 g/mol. The first-order valence-electron chi connectivity index (χ1n) is 11.4. The van der Waals surface area contributed by atoms with Gasteiger partial charge in [0.15, 0.2) is 0 Å². The third kappa shape index (κ3) is 7.12. The molecule has 0 spiro atoms. The van der Waals surface area contributed by atoms with E-state index in [0.717, 1.165) is 30.7 Å². The predicted molar refractivity (Wildman–Crippen MR) is 115 cm³/mol. The van der Waals surface area contributed by atoms with Crippen molar-refractivity contribution in [2.75, 3.05) is 45.9 Å². The van der Waals surface area contributed by atoms with E-state index in [2.05, 4.69) is 47.9 Å². The lowest BCUT2D eigenvalue weighted by Gasteiger charge is -2.35. The molecular formula is C24H40N2O. The van der Waals surface area contributed by atoms with E-state index in [1.54, 1.807) is 0 Å². The van der Waals surface area contributed by atoms with Crippen LogP contribution in [0.2, 0.25) is 0 Å². The zero-order chi connectivity index (χ0) is 18.9. The largest absolute Gasteiger partial charge is 0.492 e. The number of rotatable bonds is 9. The molecule has 0 N–H and O–H groups in total. The second kappa shape index (κ2) is 11.1. The number of hydrogen-bond donors (Lipinski definition) is 0. The van der Waals surface area contributed by atoms with Crippen molar-refractivity contribution in [3.05, 3.63) is 29.8 Å². The molecule has 1 aromatic carbocycles. The Labute approximate surface area is 167 Å². The van der Waals surface area contributed by atoms with E-state index in [4.69, 9.17) is 4.74 Å². The molecule has 1 aliphatic carbocycles. The fraction of sp³-hybridized carbons (Fsp3) is 0.750. The molecule has 0 aromatic heterocycles. The number of nitrogens with zero attached hydrogens (tertiary/aromatic N) is 2. The van der Waals surface area contributed by atoms with Gasteiger partial charge in [0.1, 0.15) is 12.4 Å². The lowest BCUT2D eigenvalue weighted by Crippen LogP contribution is -2.48. The molecule has 3 rings (SSSR count). The normalized spacial score (nSPS) is 20.3. The Morgan fingerprint density at radius 2 is 1.67 bits per heavy atom. The van der Waals surface area contributed by atoms with Gasteiger partial charge in [-0.2, -0.15) is 0 Å². The third-order valence-electron chi connectivity index (χ3n) is 6.27. The summed E-state index contributed by atoms with van der Waals surface area (Å²) in [6.45, 7) is 12.5. The summed E-state index contributed by atoms with van der Waals surface area (Å²) in [5, 5.41) is 0. The Kier molecular flexibility index (Phi) is 8.47. The van der Waals surface area contributed by atoms with Crippen LogP contribution in [0.1, 0.15) is 57.9 Å². The minimum absolute atomic E-state index is 0.769. The molecule has 1 heterocycles. The van der Waals surface area contributed by atoms with Crippen LogP contribution in [-0.2, 0) is 6.42 Å². The van der Waals surface area contributed by atoms with Gasteiger partial charge >= 0.3 is 0 Å². The fourth-order valence-corrected chi connectivity index (χ4v) is 4.68. The average molecular weight is 373 g/mol. The van der Waals surface area contributed by atoms with E-state index in [1.165, 1.54) is 83.2 Å². The highest BCUT2D eigenvalue weighted by atomic mass is 16.5. The summed E-state index contributed by atoms with van der Waals surface area (Å²) < 4.78 is 6.22. The average Bonchev–Trinajstić information content (AvgIpc) is 2.69. The summed E-state index contributed by atoms with van der Waals surface area (Å²) in [7, 11) is 0. The highest BCUT2D eigenvalue weighted by molar-refractivity contribution is 5.33. The topological polar surface area (TPSA) is 15.7 Å². The van der Waals surface area contributed by atoms with Crippen LogP contribution >= 0.6 is 0 Å².